The maximum absolute atomic E-state index is 13.5. The second kappa shape index (κ2) is 10.3. The molecular weight excluding hydrogens is 423 g/mol. The largest absolute Gasteiger partial charge is 0.489 e. The molecule has 0 saturated carbocycles. The van der Waals surface area contributed by atoms with Gasteiger partial charge in [0.1, 0.15) is 30.3 Å². The van der Waals surface area contributed by atoms with Crippen LogP contribution in [-0.4, -0.2) is 35.7 Å². The van der Waals surface area contributed by atoms with Crippen LogP contribution < -0.4 is 15.0 Å². The van der Waals surface area contributed by atoms with Crippen molar-refractivity contribution in [3.05, 3.63) is 95.8 Å². The number of hydrogen-bond donors (Lipinski definition) is 2. The second-order valence-electron chi connectivity index (χ2n) is 7.96. The highest BCUT2D eigenvalue weighted by Crippen LogP contribution is 2.32. The third-order valence-electron chi connectivity index (χ3n) is 5.64. The van der Waals surface area contributed by atoms with E-state index in [1.54, 1.807) is 35.2 Å². The number of carbonyl (C=O) groups excluding carboxylic acids is 1. The Morgan fingerprint density at radius 1 is 1.03 bits per heavy atom. The molecule has 1 amide bonds. The van der Waals surface area contributed by atoms with Gasteiger partial charge >= 0.3 is 5.97 Å². The van der Waals surface area contributed by atoms with Gasteiger partial charge in [0.15, 0.2) is 0 Å². The van der Waals surface area contributed by atoms with Crippen molar-refractivity contribution in [2.75, 3.05) is 11.5 Å². The van der Waals surface area contributed by atoms with Crippen molar-refractivity contribution in [1.82, 2.24) is 5.32 Å². The van der Waals surface area contributed by atoms with E-state index in [4.69, 9.17) is 4.74 Å². The standard InChI is InChI=1S/C26H25FN2O4/c27-20-13-10-19(11-14-20)16-29-23-8-4-5-9-24(23)33-17-22(25(29)30)28-21(26(31)32)15-12-18-6-2-1-3-7-18/h1-11,13-14,21-22,28H,12,15-17H2,(H,31,32)/t21-,22-/m0/s1. The number of amides is 1. The number of carboxylic acid groups (broad SMARTS) is 1. The fourth-order valence-electron chi connectivity index (χ4n) is 3.88. The Morgan fingerprint density at radius 2 is 1.73 bits per heavy atom. The van der Waals surface area contributed by atoms with Gasteiger partial charge in [-0.3, -0.25) is 14.9 Å². The molecule has 0 spiro atoms. The van der Waals surface area contributed by atoms with Crippen molar-refractivity contribution in [3.63, 3.8) is 0 Å². The van der Waals surface area contributed by atoms with Crippen LogP contribution in [0.4, 0.5) is 10.1 Å². The lowest BCUT2D eigenvalue weighted by molar-refractivity contribution is -0.140. The van der Waals surface area contributed by atoms with Gasteiger partial charge in [-0.1, -0.05) is 54.6 Å². The molecule has 0 unspecified atom stereocenters. The summed E-state index contributed by atoms with van der Waals surface area (Å²) in [4.78, 5) is 27.0. The molecule has 2 atom stereocenters. The molecule has 0 fully saturated rings. The summed E-state index contributed by atoms with van der Waals surface area (Å²) in [7, 11) is 0. The fraction of sp³-hybridized carbons (Fsp3) is 0.231. The summed E-state index contributed by atoms with van der Waals surface area (Å²) in [5, 5.41) is 12.8. The van der Waals surface area contributed by atoms with Crippen LogP contribution in [0, 0.1) is 5.82 Å². The molecule has 33 heavy (non-hydrogen) atoms. The van der Waals surface area contributed by atoms with E-state index >= 15 is 0 Å². The zero-order chi connectivity index (χ0) is 23.2. The minimum atomic E-state index is -1.02. The fourth-order valence-corrected chi connectivity index (χ4v) is 3.88. The lowest BCUT2D eigenvalue weighted by Gasteiger charge is -2.26. The van der Waals surface area contributed by atoms with Crippen molar-refractivity contribution < 1.29 is 23.8 Å². The van der Waals surface area contributed by atoms with Gasteiger partial charge in [0, 0.05) is 0 Å². The van der Waals surface area contributed by atoms with Crippen LogP contribution in [-0.2, 0) is 22.6 Å². The van der Waals surface area contributed by atoms with E-state index in [1.165, 1.54) is 12.1 Å². The number of rotatable bonds is 8. The molecule has 0 bridgehead atoms. The number of aliphatic carboxylic acids is 1. The van der Waals surface area contributed by atoms with E-state index in [2.05, 4.69) is 5.32 Å². The van der Waals surface area contributed by atoms with Crippen molar-refractivity contribution in [2.45, 2.75) is 31.5 Å². The average molecular weight is 448 g/mol. The lowest BCUT2D eigenvalue weighted by Crippen LogP contribution is -2.53. The first-order valence-corrected chi connectivity index (χ1v) is 10.8. The third kappa shape index (κ3) is 5.56. The minimum absolute atomic E-state index is 0.00484. The number of fused-ring (bicyclic) bond motifs is 1. The number of halogens is 1. The van der Waals surface area contributed by atoms with E-state index in [-0.39, 0.29) is 24.9 Å². The highest BCUT2D eigenvalue weighted by Gasteiger charge is 2.34. The van der Waals surface area contributed by atoms with E-state index in [0.717, 1.165) is 11.1 Å². The first-order valence-electron chi connectivity index (χ1n) is 10.8. The highest BCUT2D eigenvalue weighted by atomic mass is 19.1. The molecule has 1 aliphatic rings. The van der Waals surface area contributed by atoms with E-state index < -0.39 is 18.1 Å². The molecule has 7 heteroatoms. The maximum atomic E-state index is 13.5. The minimum Gasteiger partial charge on any atom is -0.489 e. The molecule has 1 heterocycles. The quantitative estimate of drug-likeness (QED) is 0.548. The predicted molar refractivity (Wildman–Crippen MR) is 123 cm³/mol. The first kappa shape index (κ1) is 22.5. The highest BCUT2D eigenvalue weighted by molar-refractivity contribution is 5.99. The van der Waals surface area contributed by atoms with Crippen molar-refractivity contribution in [1.29, 1.82) is 0 Å². The van der Waals surface area contributed by atoms with E-state index in [0.29, 0.717) is 24.3 Å². The van der Waals surface area contributed by atoms with Gasteiger partial charge < -0.3 is 14.7 Å². The molecule has 0 radical (unpaired) electrons. The van der Waals surface area contributed by atoms with Gasteiger partial charge in [0.05, 0.1) is 12.2 Å². The lowest BCUT2D eigenvalue weighted by atomic mass is 10.0. The number of para-hydroxylation sites is 2. The Morgan fingerprint density at radius 3 is 2.45 bits per heavy atom. The zero-order valence-corrected chi connectivity index (χ0v) is 18.0. The number of nitrogens with one attached hydrogen (secondary N) is 1. The molecule has 170 valence electrons. The number of benzene rings is 3. The Hall–Kier alpha value is -3.71. The van der Waals surface area contributed by atoms with Crippen LogP contribution >= 0.6 is 0 Å². The van der Waals surface area contributed by atoms with Crippen molar-refractivity contribution in [3.8, 4) is 5.75 Å². The summed E-state index contributed by atoms with van der Waals surface area (Å²) in [6.45, 7) is 0.213. The number of carbonyl (C=O) groups is 2. The van der Waals surface area contributed by atoms with Gasteiger partial charge in [-0.2, -0.15) is 0 Å². The molecule has 6 nitrogen and oxygen atoms in total. The number of hydrogen-bond acceptors (Lipinski definition) is 4. The summed E-state index contributed by atoms with van der Waals surface area (Å²) in [5.41, 5.74) is 2.37. The van der Waals surface area contributed by atoms with Gasteiger partial charge in [-0.05, 0) is 48.2 Å². The maximum Gasteiger partial charge on any atom is 0.320 e. The second-order valence-corrected chi connectivity index (χ2v) is 7.96. The summed E-state index contributed by atoms with van der Waals surface area (Å²) in [6.07, 6.45) is 0.889. The Balaban J connectivity index is 1.54. The average Bonchev–Trinajstić information content (AvgIpc) is 2.95. The molecule has 1 aliphatic heterocycles. The monoisotopic (exact) mass is 448 g/mol. The SMILES string of the molecule is O=C(O)[C@H](CCc1ccccc1)N[C@H]1COc2ccccc2N(Cc2ccc(F)cc2)C1=O. The number of carboxylic acids is 1. The van der Waals surface area contributed by atoms with Crippen LogP contribution in [0.25, 0.3) is 0 Å². The normalized spacial score (nSPS) is 16.5. The van der Waals surface area contributed by atoms with E-state index in [9.17, 15) is 19.1 Å². The first-order chi connectivity index (χ1) is 16.0. The Kier molecular flexibility index (Phi) is 7.00. The summed E-state index contributed by atoms with van der Waals surface area (Å²) >= 11 is 0. The topological polar surface area (TPSA) is 78.9 Å². The van der Waals surface area contributed by atoms with Crippen LogP contribution in [0.3, 0.4) is 0 Å². The third-order valence-corrected chi connectivity index (χ3v) is 5.64. The van der Waals surface area contributed by atoms with Crippen LogP contribution in [0.5, 0.6) is 5.75 Å². The van der Waals surface area contributed by atoms with Crippen LogP contribution in [0.1, 0.15) is 17.5 Å². The number of aryl methyl sites for hydroxylation is 1. The Labute approximate surface area is 191 Å². The summed E-state index contributed by atoms with van der Waals surface area (Å²) < 4.78 is 19.2. The predicted octanol–water partition coefficient (Wildman–Crippen LogP) is 3.80. The van der Waals surface area contributed by atoms with Crippen molar-refractivity contribution in [2.24, 2.45) is 0 Å². The summed E-state index contributed by atoms with van der Waals surface area (Å²) in [5.74, 6) is -1.14. The van der Waals surface area contributed by atoms with Gasteiger partial charge in [-0.15, -0.1) is 0 Å². The van der Waals surface area contributed by atoms with Gasteiger partial charge in [-0.25, -0.2) is 4.39 Å². The molecule has 3 aromatic carbocycles. The van der Waals surface area contributed by atoms with Gasteiger partial charge in [0.2, 0.25) is 5.91 Å². The molecular formula is C26H25FN2O4. The van der Waals surface area contributed by atoms with Crippen LogP contribution in [0.15, 0.2) is 78.9 Å². The van der Waals surface area contributed by atoms with Crippen molar-refractivity contribution >= 4 is 17.6 Å². The molecule has 0 aliphatic carbocycles. The summed E-state index contributed by atoms with van der Waals surface area (Å²) in [6, 6.07) is 21.0. The number of nitrogens with zero attached hydrogens (tertiary/aromatic N) is 1. The molecule has 3 aromatic rings. The molecule has 2 N–H and O–H groups in total. The smallest absolute Gasteiger partial charge is 0.320 e. The molecule has 4 rings (SSSR count). The zero-order valence-electron chi connectivity index (χ0n) is 18.0. The molecule has 0 saturated heterocycles. The Bertz CT molecular complexity index is 1100. The van der Waals surface area contributed by atoms with E-state index in [1.807, 2.05) is 36.4 Å². The number of anilines is 1. The van der Waals surface area contributed by atoms with Crippen LogP contribution in [0.2, 0.25) is 0 Å². The molecule has 0 aromatic heterocycles. The van der Waals surface area contributed by atoms with Gasteiger partial charge in [0.25, 0.3) is 0 Å². The number of ether oxygens (including phenoxy) is 1.